The van der Waals surface area contributed by atoms with E-state index in [-0.39, 0.29) is 18.0 Å². The van der Waals surface area contributed by atoms with E-state index in [4.69, 9.17) is 18.9 Å². The van der Waals surface area contributed by atoms with E-state index in [1.54, 1.807) is 24.3 Å². The van der Waals surface area contributed by atoms with Gasteiger partial charge in [-0.1, -0.05) is 114 Å². The molecule has 0 spiro atoms. The van der Waals surface area contributed by atoms with Gasteiger partial charge in [0.2, 0.25) is 5.75 Å². The molecule has 0 fully saturated rings. The monoisotopic (exact) mass is 602 g/mol. The molecule has 0 bridgehead atoms. The zero-order valence-electron chi connectivity index (χ0n) is 27.1. The van der Waals surface area contributed by atoms with Gasteiger partial charge in [-0.05, 0) is 41.8 Å². The van der Waals surface area contributed by atoms with Crippen LogP contribution in [0.15, 0.2) is 60.7 Å². The maximum atomic E-state index is 12.9. The fraction of sp³-hybridized carbons (Fsp3) is 0.474. The molecular formula is C38H50O6. The Morgan fingerprint density at radius 1 is 0.545 bits per heavy atom. The lowest BCUT2D eigenvalue weighted by Crippen LogP contribution is -2.09. The van der Waals surface area contributed by atoms with E-state index in [2.05, 4.69) is 6.92 Å². The third-order valence-corrected chi connectivity index (χ3v) is 7.97. The van der Waals surface area contributed by atoms with Crippen molar-refractivity contribution in [3.8, 4) is 34.1 Å². The summed E-state index contributed by atoms with van der Waals surface area (Å²) >= 11 is 0. The van der Waals surface area contributed by atoms with Crippen molar-refractivity contribution in [2.24, 2.45) is 0 Å². The lowest BCUT2D eigenvalue weighted by atomic mass is 9.98. The predicted molar refractivity (Wildman–Crippen MR) is 178 cm³/mol. The van der Waals surface area contributed by atoms with E-state index in [9.17, 15) is 9.59 Å². The molecule has 0 saturated heterocycles. The first kappa shape index (κ1) is 34.7. The molecule has 0 atom stereocenters. The maximum Gasteiger partial charge on any atom is 0.203 e. The van der Waals surface area contributed by atoms with Gasteiger partial charge in [-0.15, -0.1) is 0 Å². The number of benzene rings is 3. The maximum absolute atomic E-state index is 12.9. The molecule has 0 saturated carbocycles. The second-order valence-corrected chi connectivity index (χ2v) is 11.3. The highest BCUT2D eigenvalue weighted by atomic mass is 16.5. The minimum atomic E-state index is -0.322. The van der Waals surface area contributed by atoms with Crippen LogP contribution >= 0.6 is 0 Å². The van der Waals surface area contributed by atoms with Crippen LogP contribution in [-0.4, -0.2) is 39.5 Å². The Balaban J connectivity index is 1.39. The summed E-state index contributed by atoms with van der Waals surface area (Å²) in [5, 5.41) is 0. The topological polar surface area (TPSA) is 71.1 Å². The molecule has 3 aromatic rings. The van der Waals surface area contributed by atoms with Crippen molar-refractivity contribution in [1.29, 1.82) is 0 Å². The van der Waals surface area contributed by atoms with Crippen LogP contribution in [0.1, 0.15) is 111 Å². The minimum absolute atomic E-state index is 0.253. The Hall–Kier alpha value is -3.80. The number of hydrogen-bond acceptors (Lipinski definition) is 6. The molecule has 0 N–H and O–H groups in total. The van der Waals surface area contributed by atoms with Gasteiger partial charge in [0, 0.05) is 11.1 Å². The zero-order valence-corrected chi connectivity index (χ0v) is 27.1. The molecule has 0 aliphatic rings. The van der Waals surface area contributed by atoms with Crippen molar-refractivity contribution < 1.29 is 28.5 Å². The Labute approximate surface area is 264 Å². The largest absolute Gasteiger partial charge is 0.494 e. The average molecular weight is 603 g/mol. The third-order valence-electron chi connectivity index (χ3n) is 7.97. The standard InChI is InChI=1S/C38H50O6/c1-5-6-7-8-9-10-11-12-13-14-15-16-25-44-33-23-21-30(22-24-33)29-17-19-31(20-18-29)34(39)28-35(40)32-26-36(41-2)38(43-4)37(27-32)42-3/h17-24,26-27H,5-16,25,28H2,1-4H3. The quantitative estimate of drug-likeness (QED) is 0.0647. The number of carbonyl (C=O) groups excluding carboxylic acids is 2. The van der Waals surface area contributed by atoms with Crippen LogP contribution in [0.5, 0.6) is 23.0 Å². The number of hydrogen-bond donors (Lipinski definition) is 0. The number of ether oxygens (including phenoxy) is 4. The molecule has 0 aliphatic carbocycles. The molecule has 0 radical (unpaired) electrons. The molecule has 0 heterocycles. The van der Waals surface area contributed by atoms with Gasteiger partial charge in [0.1, 0.15) is 5.75 Å². The molecule has 44 heavy (non-hydrogen) atoms. The molecule has 3 rings (SSSR count). The Kier molecular flexibility index (Phi) is 15.4. The van der Waals surface area contributed by atoms with Gasteiger partial charge in [0.15, 0.2) is 23.1 Å². The van der Waals surface area contributed by atoms with Crippen LogP contribution < -0.4 is 18.9 Å². The predicted octanol–water partition coefficient (Wildman–Crippen LogP) is 9.91. The number of carbonyl (C=O) groups is 2. The molecular weight excluding hydrogens is 552 g/mol. The fourth-order valence-electron chi connectivity index (χ4n) is 5.32. The zero-order chi connectivity index (χ0) is 31.6. The molecule has 0 amide bonds. The van der Waals surface area contributed by atoms with Gasteiger partial charge in [-0.25, -0.2) is 0 Å². The van der Waals surface area contributed by atoms with Gasteiger partial charge in [-0.3, -0.25) is 9.59 Å². The summed E-state index contributed by atoms with van der Waals surface area (Å²) in [5.74, 6) is 1.43. The number of ketones is 2. The van der Waals surface area contributed by atoms with E-state index in [0.717, 1.165) is 29.9 Å². The van der Waals surface area contributed by atoms with Crippen LogP contribution in [0.2, 0.25) is 0 Å². The van der Waals surface area contributed by atoms with Crippen LogP contribution in [-0.2, 0) is 0 Å². The van der Waals surface area contributed by atoms with Crippen LogP contribution in [0.3, 0.4) is 0 Å². The van der Waals surface area contributed by atoms with Gasteiger partial charge in [0.25, 0.3) is 0 Å². The van der Waals surface area contributed by atoms with Crippen molar-refractivity contribution in [1.82, 2.24) is 0 Å². The van der Waals surface area contributed by atoms with Gasteiger partial charge < -0.3 is 18.9 Å². The minimum Gasteiger partial charge on any atom is -0.494 e. The summed E-state index contributed by atoms with van der Waals surface area (Å²) in [4.78, 5) is 25.8. The summed E-state index contributed by atoms with van der Waals surface area (Å²) in [7, 11) is 4.47. The fourth-order valence-corrected chi connectivity index (χ4v) is 5.32. The van der Waals surface area contributed by atoms with E-state index in [0.29, 0.717) is 28.4 Å². The molecule has 0 aromatic heterocycles. The molecule has 6 heteroatoms. The molecule has 0 aliphatic heterocycles. The first-order chi connectivity index (χ1) is 21.5. The van der Waals surface area contributed by atoms with Crippen molar-refractivity contribution in [3.05, 3.63) is 71.8 Å². The summed E-state index contributed by atoms with van der Waals surface area (Å²) < 4.78 is 21.9. The van der Waals surface area contributed by atoms with E-state index in [1.165, 1.54) is 92.0 Å². The van der Waals surface area contributed by atoms with E-state index < -0.39 is 0 Å². The summed E-state index contributed by atoms with van der Waals surface area (Å²) in [6.07, 6.45) is 15.7. The highest BCUT2D eigenvalue weighted by molar-refractivity contribution is 6.14. The number of methoxy groups -OCH3 is 3. The van der Waals surface area contributed by atoms with Gasteiger partial charge in [0.05, 0.1) is 34.4 Å². The van der Waals surface area contributed by atoms with Crippen molar-refractivity contribution in [2.75, 3.05) is 27.9 Å². The lowest BCUT2D eigenvalue weighted by molar-refractivity contribution is 0.0893. The Morgan fingerprint density at radius 2 is 1.00 bits per heavy atom. The molecule has 238 valence electrons. The number of unbranched alkanes of at least 4 members (excludes halogenated alkanes) is 11. The Morgan fingerprint density at radius 3 is 1.48 bits per heavy atom. The highest BCUT2D eigenvalue weighted by Crippen LogP contribution is 2.38. The summed E-state index contributed by atoms with van der Waals surface area (Å²) in [6.45, 7) is 3.01. The molecule has 6 nitrogen and oxygen atoms in total. The normalized spacial score (nSPS) is 10.8. The first-order valence-corrected chi connectivity index (χ1v) is 16.2. The van der Waals surface area contributed by atoms with Crippen molar-refractivity contribution in [2.45, 2.75) is 90.4 Å². The van der Waals surface area contributed by atoms with Crippen molar-refractivity contribution in [3.63, 3.8) is 0 Å². The van der Waals surface area contributed by atoms with Crippen LogP contribution in [0.4, 0.5) is 0 Å². The first-order valence-electron chi connectivity index (χ1n) is 16.2. The van der Waals surface area contributed by atoms with E-state index in [1.807, 2.05) is 36.4 Å². The van der Waals surface area contributed by atoms with Crippen molar-refractivity contribution >= 4 is 11.6 Å². The number of Topliss-reactive ketones (excluding diaryl/α,β-unsaturated/α-hetero) is 2. The SMILES string of the molecule is CCCCCCCCCCCCCCOc1ccc(-c2ccc(C(=O)CC(=O)c3cc(OC)c(OC)c(OC)c3)cc2)cc1. The summed E-state index contributed by atoms with van der Waals surface area (Å²) in [5.41, 5.74) is 2.84. The second kappa shape index (κ2) is 19.5. The third kappa shape index (κ3) is 11.0. The van der Waals surface area contributed by atoms with Gasteiger partial charge in [-0.2, -0.15) is 0 Å². The smallest absolute Gasteiger partial charge is 0.203 e. The highest BCUT2D eigenvalue weighted by Gasteiger charge is 2.19. The molecule has 0 unspecified atom stereocenters. The van der Waals surface area contributed by atoms with E-state index >= 15 is 0 Å². The second-order valence-electron chi connectivity index (χ2n) is 11.3. The lowest BCUT2D eigenvalue weighted by Gasteiger charge is -2.13. The molecule has 3 aromatic carbocycles. The van der Waals surface area contributed by atoms with Gasteiger partial charge >= 0.3 is 0 Å². The van der Waals surface area contributed by atoms with Crippen LogP contribution in [0.25, 0.3) is 11.1 Å². The average Bonchev–Trinajstić information content (AvgIpc) is 3.06. The Bertz CT molecular complexity index is 1250. The number of rotatable bonds is 22. The summed E-state index contributed by atoms with van der Waals surface area (Å²) in [6, 6.07) is 18.5. The van der Waals surface area contributed by atoms with Crippen LogP contribution in [0, 0.1) is 0 Å².